The van der Waals surface area contributed by atoms with E-state index in [0.717, 1.165) is 31.6 Å². The van der Waals surface area contributed by atoms with Crippen LogP contribution in [0.5, 0.6) is 5.75 Å². The lowest BCUT2D eigenvalue weighted by molar-refractivity contribution is 0.218. The zero-order chi connectivity index (χ0) is 14.5. The first-order valence-electron chi connectivity index (χ1n) is 7.88. The number of rotatable bonds is 4. The van der Waals surface area contributed by atoms with Gasteiger partial charge < -0.3 is 5.11 Å². The van der Waals surface area contributed by atoms with Gasteiger partial charge in [-0.1, -0.05) is 48.9 Å². The number of phenolic OH excluding ortho intramolecular Hbond substituents is 1. The van der Waals surface area contributed by atoms with Gasteiger partial charge in [-0.25, -0.2) is 0 Å². The van der Waals surface area contributed by atoms with Crippen molar-refractivity contribution in [1.82, 2.24) is 4.90 Å². The van der Waals surface area contributed by atoms with Gasteiger partial charge in [0.2, 0.25) is 0 Å². The first-order chi connectivity index (χ1) is 10.3. The molecule has 1 fully saturated rings. The molecule has 1 saturated heterocycles. The molecule has 21 heavy (non-hydrogen) atoms. The maximum absolute atomic E-state index is 10.1. The molecule has 0 saturated carbocycles. The molecule has 0 unspecified atom stereocenters. The third-order valence-corrected chi connectivity index (χ3v) is 4.24. The van der Waals surface area contributed by atoms with E-state index in [1.165, 1.54) is 30.4 Å². The van der Waals surface area contributed by atoms with Crippen molar-refractivity contribution in [3.8, 4) is 5.75 Å². The van der Waals surface area contributed by atoms with Crippen molar-refractivity contribution in [3.05, 3.63) is 65.2 Å². The summed E-state index contributed by atoms with van der Waals surface area (Å²) in [6, 6.07) is 16.5. The molecule has 2 nitrogen and oxygen atoms in total. The van der Waals surface area contributed by atoms with Crippen molar-refractivity contribution in [1.29, 1.82) is 0 Å². The van der Waals surface area contributed by atoms with E-state index in [4.69, 9.17) is 0 Å². The number of piperidine rings is 1. The van der Waals surface area contributed by atoms with Crippen LogP contribution < -0.4 is 0 Å². The number of aromatic hydroxyl groups is 1. The summed E-state index contributed by atoms with van der Waals surface area (Å²) in [5.41, 5.74) is 3.64. The van der Waals surface area contributed by atoms with Gasteiger partial charge in [0.05, 0.1) is 0 Å². The summed E-state index contributed by atoms with van der Waals surface area (Å²) < 4.78 is 0. The fourth-order valence-corrected chi connectivity index (χ4v) is 3.07. The van der Waals surface area contributed by atoms with E-state index in [1.807, 2.05) is 18.2 Å². The number of benzene rings is 2. The summed E-state index contributed by atoms with van der Waals surface area (Å²) in [5, 5.41) is 10.1. The van der Waals surface area contributed by atoms with E-state index >= 15 is 0 Å². The van der Waals surface area contributed by atoms with E-state index in [2.05, 4.69) is 35.2 Å². The molecule has 1 aliphatic rings. The molecule has 0 bridgehead atoms. The zero-order valence-corrected chi connectivity index (χ0v) is 12.5. The molecule has 0 aliphatic carbocycles. The van der Waals surface area contributed by atoms with Crippen LogP contribution in [0.15, 0.2) is 48.5 Å². The quantitative estimate of drug-likeness (QED) is 0.916. The number of nitrogens with zero attached hydrogens (tertiary/aromatic N) is 1. The van der Waals surface area contributed by atoms with Gasteiger partial charge in [-0.2, -0.15) is 0 Å². The van der Waals surface area contributed by atoms with Gasteiger partial charge in [0.25, 0.3) is 0 Å². The molecule has 0 spiro atoms. The lowest BCUT2D eigenvalue weighted by atomic mass is 10.0. The molecular weight excluding hydrogens is 258 g/mol. The van der Waals surface area contributed by atoms with Crippen molar-refractivity contribution in [3.63, 3.8) is 0 Å². The van der Waals surface area contributed by atoms with Gasteiger partial charge in [-0.3, -0.25) is 4.90 Å². The maximum atomic E-state index is 10.1. The number of hydrogen-bond donors (Lipinski definition) is 1. The van der Waals surface area contributed by atoms with Crippen LogP contribution in [0.25, 0.3) is 0 Å². The molecular formula is C19H23NO. The highest BCUT2D eigenvalue weighted by molar-refractivity contribution is 5.38. The fourth-order valence-electron chi connectivity index (χ4n) is 3.07. The van der Waals surface area contributed by atoms with E-state index in [-0.39, 0.29) is 0 Å². The monoisotopic (exact) mass is 281 g/mol. The Morgan fingerprint density at radius 1 is 0.857 bits per heavy atom. The molecule has 1 heterocycles. The number of phenols is 1. The average molecular weight is 281 g/mol. The third kappa shape index (κ3) is 3.85. The predicted molar refractivity (Wildman–Crippen MR) is 86.5 cm³/mol. The molecule has 0 radical (unpaired) electrons. The highest BCUT2D eigenvalue weighted by Crippen LogP contribution is 2.23. The average Bonchev–Trinajstić information content (AvgIpc) is 2.53. The molecule has 1 aliphatic heterocycles. The summed E-state index contributed by atoms with van der Waals surface area (Å²) >= 11 is 0. The van der Waals surface area contributed by atoms with Gasteiger partial charge in [-0.15, -0.1) is 0 Å². The molecule has 2 aromatic carbocycles. The summed E-state index contributed by atoms with van der Waals surface area (Å²) in [6.07, 6.45) is 4.83. The van der Waals surface area contributed by atoms with Gasteiger partial charge in [0, 0.05) is 12.1 Å². The van der Waals surface area contributed by atoms with E-state index in [9.17, 15) is 5.11 Å². The van der Waals surface area contributed by atoms with E-state index < -0.39 is 0 Å². The Balaban J connectivity index is 1.73. The van der Waals surface area contributed by atoms with Crippen LogP contribution in [-0.2, 0) is 13.0 Å². The topological polar surface area (TPSA) is 23.5 Å². The number of likely N-dealkylation sites (tertiary alicyclic amines) is 1. The highest BCUT2D eigenvalue weighted by Gasteiger charge is 2.13. The van der Waals surface area contributed by atoms with Gasteiger partial charge >= 0.3 is 0 Å². The van der Waals surface area contributed by atoms with Gasteiger partial charge in [0.1, 0.15) is 5.75 Å². The van der Waals surface area contributed by atoms with Crippen LogP contribution in [-0.4, -0.2) is 23.1 Å². The highest BCUT2D eigenvalue weighted by atomic mass is 16.3. The Bertz CT molecular complexity index is 573. The van der Waals surface area contributed by atoms with Crippen LogP contribution in [0.4, 0.5) is 0 Å². The maximum Gasteiger partial charge on any atom is 0.120 e. The van der Waals surface area contributed by atoms with Crippen molar-refractivity contribution >= 4 is 0 Å². The van der Waals surface area contributed by atoms with Crippen LogP contribution in [0.3, 0.4) is 0 Å². The summed E-state index contributed by atoms with van der Waals surface area (Å²) in [7, 11) is 0. The smallest absolute Gasteiger partial charge is 0.120 e. The summed E-state index contributed by atoms with van der Waals surface area (Å²) in [4.78, 5) is 2.45. The second-order valence-corrected chi connectivity index (χ2v) is 5.96. The first kappa shape index (κ1) is 14.2. The Hall–Kier alpha value is -1.80. The zero-order valence-electron chi connectivity index (χ0n) is 12.5. The molecule has 1 N–H and O–H groups in total. The third-order valence-electron chi connectivity index (χ3n) is 4.24. The van der Waals surface area contributed by atoms with E-state index in [0.29, 0.717) is 5.75 Å². The van der Waals surface area contributed by atoms with Crippen molar-refractivity contribution in [2.75, 3.05) is 13.1 Å². The second-order valence-electron chi connectivity index (χ2n) is 5.96. The Kier molecular flexibility index (Phi) is 4.56. The van der Waals surface area contributed by atoms with Gasteiger partial charge in [-0.05, 0) is 49.5 Å². The fraction of sp³-hybridized carbons (Fsp3) is 0.368. The molecule has 3 rings (SSSR count). The lowest BCUT2D eigenvalue weighted by Crippen LogP contribution is -2.29. The number of hydrogen-bond acceptors (Lipinski definition) is 2. The van der Waals surface area contributed by atoms with E-state index in [1.54, 1.807) is 0 Å². The molecule has 2 aromatic rings. The molecule has 2 heteroatoms. The summed E-state index contributed by atoms with van der Waals surface area (Å²) in [5.74, 6) is 0.428. The van der Waals surface area contributed by atoms with Gasteiger partial charge in [0.15, 0.2) is 0 Å². The largest absolute Gasteiger partial charge is 0.508 e. The SMILES string of the molecule is Oc1ccc(Cc2ccccc2)cc1CN1CCCCC1. The molecule has 110 valence electrons. The minimum Gasteiger partial charge on any atom is -0.508 e. The molecule has 0 atom stereocenters. The predicted octanol–water partition coefficient (Wildman–Crippen LogP) is 3.97. The second kappa shape index (κ2) is 6.77. The van der Waals surface area contributed by atoms with Crippen LogP contribution >= 0.6 is 0 Å². The molecule has 0 aromatic heterocycles. The van der Waals surface area contributed by atoms with Crippen molar-refractivity contribution in [2.24, 2.45) is 0 Å². The van der Waals surface area contributed by atoms with Crippen LogP contribution in [0.1, 0.15) is 36.0 Å². The Labute approximate surface area is 127 Å². The minimum absolute atomic E-state index is 0.428. The van der Waals surface area contributed by atoms with Crippen molar-refractivity contribution < 1.29 is 5.11 Å². The minimum atomic E-state index is 0.428. The first-order valence-corrected chi connectivity index (χ1v) is 7.88. The lowest BCUT2D eigenvalue weighted by Gasteiger charge is -2.26. The Morgan fingerprint density at radius 2 is 1.62 bits per heavy atom. The van der Waals surface area contributed by atoms with Crippen LogP contribution in [0.2, 0.25) is 0 Å². The normalized spacial score (nSPS) is 16.0. The van der Waals surface area contributed by atoms with Crippen LogP contribution in [0, 0.1) is 0 Å². The summed E-state index contributed by atoms with van der Waals surface area (Å²) in [6.45, 7) is 3.18. The standard InChI is InChI=1S/C19H23NO/c21-19-10-9-17(13-16-7-3-1-4-8-16)14-18(19)15-20-11-5-2-6-12-20/h1,3-4,7-10,14,21H,2,5-6,11-13,15H2. The van der Waals surface area contributed by atoms with Crippen molar-refractivity contribution in [2.45, 2.75) is 32.2 Å². The molecule has 0 amide bonds. The Morgan fingerprint density at radius 3 is 2.38 bits per heavy atom.